The molecule has 4 aromatic carbocycles. The summed E-state index contributed by atoms with van der Waals surface area (Å²) in [4.78, 5) is 48.2. The van der Waals surface area contributed by atoms with Crippen molar-refractivity contribution >= 4 is 53.0 Å². The van der Waals surface area contributed by atoms with Crippen LogP contribution in [0.25, 0.3) is 6.08 Å². The highest BCUT2D eigenvalue weighted by Crippen LogP contribution is 2.29. The number of halogens is 1. The van der Waals surface area contributed by atoms with Crippen molar-refractivity contribution in [2.24, 2.45) is 5.10 Å². The Morgan fingerprint density at radius 3 is 2.37 bits per heavy atom. The normalized spacial score (nSPS) is 10.8. The van der Waals surface area contributed by atoms with Crippen molar-refractivity contribution in [1.29, 1.82) is 0 Å². The van der Waals surface area contributed by atoms with E-state index in [0.717, 1.165) is 0 Å². The van der Waals surface area contributed by atoms with Crippen LogP contribution >= 0.6 is 11.6 Å². The van der Waals surface area contributed by atoms with Gasteiger partial charge in [-0.25, -0.2) is 10.2 Å². The third kappa shape index (κ3) is 9.00. The fourth-order valence-electron chi connectivity index (χ4n) is 4.00. The van der Waals surface area contributed by atoms with Crippen LogP contribution in [-0.2, 0) is 4.79 Å². The standard InChI is InChI=1S/C33H27ClN4O8/c1-3-45-30-17-22(9-14-29(30)46-31(39)16-10-21-7-12-26(13-8-21)38(42)43)20-35-37-32(40)23-5-4-6-25(18-23)36-33(41)27-19-24(34)11-15-28(27)44-2/h4-20H,3H2,1-2H3,(H,36,41)(H,37,40)/b16-10+,35-20?. The SMILES string of the molecule is CCOc1cc(C=NNC(=O)c2cccc(NC(=O)c3cc(Cl)ccc3OC)c2)ccc1OC(=O)/C=C/c1ccc([N+](=O)[O-])cc1. The van der Waals surface area contributed by atoms with Crippen LogP contribution in [0.4, 0.5) is 11.4 Å². The first-order valence-electron chi connectivity index (χ1n) is 13.7. The number of esters is 1. The number of anilines is 1. The maximum absolute atomic E-state index is 12.8. The van der Waals surface area contributed by atoms with Crippen molar-refractivity contribution in [3.05, 3.63) is 128 Å². The second-order valence-corrected chi connectivity index (χ2v) is 9.76. The molecule has 0 saturated heterocycles. The van der Waals surface area contributed by atoms with Crippen molar-refractivity contribution in [2.45, 2.75) is 6.92 Å². The van der Waals surface area contributed by atoms with E-state index in [9.17, 15) is 24.5 Å². The van der Waals surface area contributed by atoms with Crippen LogP contribution in [0.15, 0.2) is 96.1 Å². The molecule has 0 radical (unpaired) electrons. The molecule has 0 aliphatic carbocycles. The molecule has 4 aromatic rings. The number of hydrazone groups is 1. The number of amides is 2. The van der Waals surface area contributed by atoms with E-state index < -0.39 is 22.7 Å². The lowest BCUT2D eigenvalue weighted by atomic mass is 10.1. The van der Waals surface area contributed by atoms with Crippen LogP contribution in [0, 0.1) is 10.1 Å². The lowest BCUT2D eigenvalue weighted by Gasteiger charge is -2.11. The number of benzene rings is 4. The zero-order chi connectivity index (χ0) is 33.1. The molecule has 0 atom stereocenters. The van der Waals surface area contributed by atoms with Crippen molar-refractivity contribution in [3.63, 3.8) is 0 Å². The van der Waals surface area contributed by atoms with Gasteiger partial charge in [0.25, 0.3) is 17.5 Å². The average Bonchev–Trinajstić information content (AvgIpc) is 3.05. The number of nitro benzene ring substituents is 1. The van der Waals surface area contributed by atoms with E-state index in [4.69, 9.17) is 25.8 Å². The molecule has 0 heterocycles. The first kappa shape index (κ1) is 32.9. The van der Waals surface area contributed by atoms with Gasteiger partial charge in [0.1, 0.15) is 5.75 Å². The smallest absolute Gasteiger partial charge is 0.336 e. The molecule has 0 bridgehead atoms. The zero-order valence-corrected chi connectivity index (χ0v) is 25.3. The number of nitrogens with zero attached hydrogens (tertiary/aromatic N) is 2. The molecular weight excluding hydrogens is 616 g/mol. The van der Waals surface area contributed by atoms with Crippen molar-refractivity contribution in [3.8, 4) is 17.2 Å². The highest BCUT2D eigenvalue weighted by molar-refractivity contribution is 6.31. The maximum atomic E-state index is 12.8. The fraction of sp³-hybridized carbons (Fsp3) is 0.0909. The highest BCUT2D eigenvalue weighted by Gasteiger charge is 2.15. The van der Waals surface area contributed by atoms with Crippen molar-refractivity contribution in [2.75, 3.05) is 19.0 Å². The number of nitrogens with one attached hydrogen (secondary N) is 2. The number of carbonyl (C=O) groups is 3. The largest absolute Gasteiger partial charge is 0.496 e. The Morgan fingerprint density at radius 2 is 1.65 bits per heavy atom. The van der Waals surface area contributed by atoms with Gasteiger partial charge in [0.2, 0.25) is 0 Å². The number of hydrogen-bond donors (Lipinski definition) is 2. The summed E-state index contributed by atoms with van der Waals surface area (Å²) in [6.45, 7) is 2.06. The molecule has 2 amide bonds. The minimum absolute atomic E-state index is 0.0592. The minimum Gasteiger partial charge on any atom is -0.496 e. The van der Waals surface area contributed by atoms with Crippen LogP contribution in [0.5, 0.6) is 17.2 Å². The zero-order valence-electron chi connectivity index (χ0n) is 24.6. The van der Waals surface area contributed by atoms with E-state index in [2.05, 4.69) is 15.8 Å². The monoisotopic (exact) mass is 642 g/mol. The summed E-state index contributed by atoms with van der Waals surface area (Å²) in [5, 5.41) is 17.9. The second-order valence-electron chi connectivity index (χ2n) is 9.32. The molecule has 0 aromatic heterocycles. The van der Waals surface area contributed by atoms with Crippen LogP contribution in [0.2, 0.25) is 5.02 Å². The van der Waals surface area contributed by atoms with Crippen LogP contribution in [0.3, 0.4) is 0 Å². The molecule has 4 rings (SSSR count). The number of nitro groups is 1. The van der Waals surface area contributed by atoms with Gasteiger partial charge in [-0.1, -0.05) is 17.7 Å². The summed E-state index contributed by atoms with van der Waals surface area (Å²) in [7, 11) is 1.44. The quantitative estimate of drug-likeness (QED) is 0.0455. The summed E-state index contributed by atoms with van der Waals surface area (Å²) in [5.74, 6) is -0.888. The Morgan fingerprint density at radius 1 is 0.913 bits per heavy atom. The van der Waals surface area contributed by atoms with Gasteiger partial charge in [0.05, 0.1) is 30.4 Å². The van der Waals surface area contributed by atoms with Gasteiger partial charge in [-0.3, -0.25) is 19.7 Å². The van der Waals surface area contributed by atoms with Crippen LogP contribution in [0.1, 0.15) is 38.8 Å². The Bertz CT molecular complexity index is 1820. The molecule has 0 unspecified atom stereocenters. The number of rotatable bonds is 12. The highest BCUT2D eigenvalue weighted by atomic mass is 35.5. The lowest BCUT2D eigenvalue weighted by molar-refractivity contribution is -0.384. The predicted molar refractivity (Wildman–Crippen MR) is 173 cm³/mol. The number of non-ortho nitro benzene ring substituents is 1. The molecule has 2 N–H and O–H groups in total. The number of ether oxygens (including phenoxy) is 3. The topological polar surface area (TPSA) is 158 Å². The molecule has 0 aliphatic heterocycles. The Hall–Kier alpha value is -6.01. The molecular formula is C33H27ClN4O8. The number of hydrogen-bond acceptors (Lipinski definition) is 9. The molecule has 46 heavy (non-hydrogen) atoms. The van der Waals surface area contributed by atoms with Crippen LogP contribution in [-0.4, -0.2) is 42.6 Å². The first-order chi connectivity index (χ1) is 22.2. The number of carbonyl (C=O) groups excluding carboxylic acids is 3. The third-order valence-corrected chi connectivity index (χ3v) is 6.40. The van der Waals surface area contributed by atoms with Gasteiger partial charge in [-0.2, -0.15) is 5.10 Å². The molecule has 13 heteroatoms. The van der Waals surface area contributed by atoms with E-state index in [1.165, 1.54) is 67.9 Å². The number of methoxy groups -OCH3 is 1. The predicted octanol–water partition coefficient (Wildman–Crippen LogP) is 6.29. The average molecular weight is 643 g/mol. The van der Waals surface area contributed by atoms with Gasteiger partial charge in [0.15, 0.2) is 11.5 Å². The van der Waals surface area contributed by atoms with E-state index in [1.54, 1.807) is 49.4 Å². The molecule has 12 nitrogen and oxygen atoms in total. The molecule has 234 valence electrons. The fourth-order valence-corrected chi connectivity index (χ4v) is 4.17. The Balaban J connectivity index is 1.37. The first-order valence-corrected chi connectivity index (χ1v) is 14.0. The van der Waals surface area contributed by atoms with Gasteiger partial charge >= 0.3 is 5.97 Å². The van der Waals surface area contributed by atoms with Crippen LogP contribution < -0.4 is 25.0 Å². The second kappa shape index (κ2) is 15.6. The molecule has 0 saturated carbocycles. The minimum atomic E-state index is -0.682. The Labute approximate surface area is 268 Å². The lowest BCUT2D eigenvalue weighted by Crippen LogP contribution is -2.18. The van der Waals surface area contributed by atoms with E-state index >= 15 is 0 Å². The summed E-state index contributed by atoms with van der Waals surface area (Å²) in [6.07, 6.45) is 4.05. The molecule has 0 aliphatic rings. The van der Waals surface area contributed by atoms with E-state index in [1.807, 2.05) is 0 Å². The molecule has 0 fully saturated rings. The van der Waals surface area contributed by atoms with Gasteiger partial charge in [-0.05, 0) is 90.9 Å². The third-order valence-electron chi connectivity index (χ3n) is 6.16. The molecule has 0 spiro atoms. The Kier molecular flexibility index (Phi) is 11.2. The summed E-state index contributed by atoms with van der Waals surface area (Å²) in [6, 6.07) is 21.4. The van der Waals surface area contributed by atoms with Crippen molar-refractivity contribution < 1.29 is 33.5 Å². The van der Waals surface area contributed by atoms with E-state index in [-0.39, 0.29) is 34.9 Å². The maximum Gasteiger partial charge on any atom is 0.336 e. The van der Waals surface area contributed by atoms with E-state index in [0.29, 0.717) is 27.6 Å². The summed E-state index contributed by atoms with van der Waals surface area (Å²) >= 11 is 6.03. The van der Waals surface area contributed by atoms with Gasteiger partial charge in [-0.15, -0.1) is 0 Å². The summed E-state index contributed by atoms with van der Waals surface area (Å²) in [5.41, 5.74) is 4.35. The summed E-state index contributed by atoms with van der Waals surface area (Å²) < 4.78 is 16.2. The van der Waals surface area contributed by atoms with Gasteiger partial charge < -0.3 is 19.5 Å². The van der Waals surface area contributed by atoms with Gasteiger partial charge in [0, 0.05) is 34.5 Å². The van der Waals surface area contributed by atoms with Crippen molar-refractivity contribution in [1.82, 2.24) is 5.43 Å².